The maximum Gasteiger partial charge on any atom is 0.0611 e. The fourth-order valence-corrected chi connectivity index (χ4v) is 2.73. The minimum atomic E-state index is -0.146. The molecule has 0 aromatic heterocycles. The maximum absolute atomic E-state index is 10.2. The van der Waals surface area contributed by atoms with E-state index in [0.29, 0.717) is 5.92 Å². The first-order valence-electron chi connectivity index (χ1n) is 6.56. The van der Waals surface area contributed by atoms with E-state index in [0.717, 1.165) is 25.8 Å². The molecule has 2 unspecified atom stereocenters. The van der Waals surface area contributed by atoms with Gasteiger partial charge >= 0.3 is 0 Å². The van der Waals surface area contributed by atoms with Crippen molar-refractivity contribution in [2.24, 2.45) is 5.92 Å². The van der Waals surface area contributed by atoms with Gasteiger partial charge in [-0.3, -0.25) is 0 Å². The maximum atomic E-state index is 10.2. The molecule has 0 saturated heterocycles. The van der Waals surface area contributed by atoms with Gasteiger partial charge in [-0.1, -0.05) is 24.3 Å². The molecule has 1 aromatic carbocycles. The predicted octanol–water partition coefficient (Wildman–Crippen LogP) is 2.10. The van der Waals surface area contributed by atoms with Gasteiger partial charge in [0.05, 0.1) is 6.10 Å². The third kappa shape index (κ3) is 3.30. The van der Waals surface area contributed by atoms with Gasteiger partial charge in [-0.25, -0.2) is 0 Å². The summed E-state index contributed by atoms with van der Waals surface area (Å²) in [6.45, 7) is 1.12. The van der Waals surface area contributed by atoms with Gasteiger partial charge < -0.3 is 10.0 Å². The van der Waals surface area contributed by atoms with Crippen LogP contribution in [0, 0.1) is 5.92 Å². The zero-order valence-electron chi connectivity index (χ0n) is 10.9. The highest BCUT2D eigenvalue weighted by molar-refractivity contribution is 5.30. The summed E-state index contributed by atoms with van der Waals surface area (Å²) in [4.78, 5) is 2.21. The highest BCUT2D eigenvalue weighted by Crippen LogP contribution is 2.28. The summed E-state index contributed by atoms with van der Waals surface area (Å²) in [5, 5.41) is 10.2. The number of rotatable bonds is 4. The van der Waals surface area contributed by atoms with Gasteiger partial charge in [0.25, 0.3) is 0 Å². The topological polar surface area (TPSA) is 23.5 Å². The van der Waals surface area contributed by atoms with E-state index >= 15 is 0 Å². The second-order valence-electron chi connectivity index (χ2n) is 5.45. The lowest BCUT2D eigenvalue weighted by Crippen LogP contribution is -2.30. The van der Waals surface area contributed by atoms with Crippen molar-refractivity contribution < 1.29 is 5.11 Å². The van der Waals surface area contributed by atoms with Crippen molar-refractivity contribution in [3.05, 3.63) is 35.4 Å². The molecule has 0 amide bonds. The van der Waals surface area contributed by atoms with Crippen molar-refractivity contribution in [3.63, 3.8) is 0 Å². The standard InChI is InChI=1S/C15H23NO/c1-16(2)9-5-8-14-10-12-6-3-4-7-13(12)11-15(14)17/h3-4,6-7,14-15,17H,5,8-11H2,1-2H3. The summed E-state index contributed by atoms with van der Waals surface area (Å²) in [6, 6.07) is 8.53. The Bertz CT molecular complexity index is 362. The van der Waals surface area contributed by atoms with Crippen LogP contribution in [0.5, 0.6) is 0 Å². The van der Waals surface area contributed by atoms with Gasteiger partial charge in [0, 0.05) is 0 Å². The number of benzene rings is 1. The predicted molar refractivity (Wildman–Crippen MR) is 71.1 cm³/mol. The molecule has 1 aromatic rings. The Morgan fingerprint density at radius 3 is 2.47 bits per heavy atom. The molecule has 2 atom stereocenters. The largest absolute Gasteiger partial charge is 0.392 e. The molecule has 2 rings (SSSR count). The molecule has 2 nitrogen and oxygen atoms in total. The Morgan fingerprint density at radius 1 is 1.18 bits per heavy atom. The Labute approximate surface area is 104 Å². The first-order valence-corrected chi connectivity index (χ1v) is 6.56. The number of hydrogen-bond donors (Lipinski definition) is 1. The van der Waals surface area contributed by atoms with E-state index in [1.54, 1.807) is 0 Å². The van der Waals surface area contributed by atoms with Crippen molar-refractivity contribution in [3.8, 4) is 0 Å². The molecule has 1 aliphatic carbocycles. The van der Waals surface area contributed by atoms with Gasteiger partial charge in [0.15, 0.2) is 0 Å². The van der Waals surface area contributed by atoms with Crippen LogP contribution >= 0.6 is 0 Å². The SMILES string of the molecule is CN(C)CCCC1Cc2ccccc2CC1O. The van der Waals surface area contributed by atoms with Crippen molar-refractivity contribution >= 4 is 0 Å². The molecule has 0 spiro atoms. The van der Waals surface area contributed by atoms with E-state index in [1.807, 2.05) is 0 Å². The lowest BCUT2D eigenvalue weighted by molar-refractivity contribution is 0.0920. The molecular weight excluding hydrogens is 210 g/mol. The summed E-state index contributed by atoms with van der Waals surface area (Å²) >= 11 is 0. The Kier molecular flexibility index (Phi) is 4.19. The molecule has 0 heterocycles. The number of aliphatic hydroxyl groups is 1. The molecular formula is C15H23NO. The highest BCUT2D eigenvalue weighted by Gasteiger charge is 2.25. The summed E-state index contributed by atoms with van der Waals surface area (Å²) in [6.07, 6.45) is 4.05. The average molecular weight is 233 g/mol. The summed E-state index contributed by atoms with van der Waals surface area (Å²) < 4.78 is 0. The van der Waals surface area contributed by atoms with E-state index in [9.17, 15) is 5.11 Å². The first kappa shape index (κ1) is 12.6. The minimum absolute atomic E-state index is 0.146. The van der Waals surface area contributed by atoms with Crippen LogP contribution in [0.3, 0.4) is 0 Å². The fourth-order valence-electron chi connectivity index (χ4n) is 2.73. The fraction of sp³-hybridized carbons (Fsp3) is 0.600. The second kappa shape index (κ2) is 5.65. The Hall–Kier alpha value is -0.860. The molecule has 1 aliphatic rings. The molecule has 17 heavy (non-hydrogen) atoms. The third-order valence-corrected chi connectivity index (χ3v) is 3.75. The molecule has 2 heteroatoms. The molecule has 1 N–H and O–H groups in total. The molecule has 94 valence electrons. The molecule has 0 bridgehead atoms. The Balaban J connectivity index is 1.93. The number of nitrogens with zero attached hydrogens (tertiary/aromatic N) is 1. The van der Waals surface area contributed by atoms with Crippen LogP contribution in [0.2, 0.25) is 0 Å². The van der Waals surface area contributed by atoms with Crippen LogP contribution in [0.15, 0.2) is 24.3 Å². The summed E-state index contributed by atoms with van der Waals surface area (Å²) in [5.41, 5.74) is 2.77. The zero-order chi connectivity index (χ0) is 12.3. The molecule has 0 radical (unpaired) electrons. The Morgan fingerprint density at radius 2 is 1.82 bits per heavy atom. The van der Waals surface area contributed by atoms with Crippen molar-refractivity contribution in [1.29, 1.82) is 0 Å². The molecule has 0 aliphatic heterocycles. The first-order chi connectivity index (χ1) is 8.16. The van der Waals surface area contributed by atoms with E-state index in [4.69, 9.17) is 0 Å². The van der Waals surface area contributed by atoms with Crippen molar-refractivity contribution in [1.82, 2.24) is 4.90 Å². The van der Waals surface area contributed by atoms with E-state index < -0.39 is 0 Å². The average Bonchev–Trinajstić information content (AvgIpc) is 2.29. The smallest absolute Gasteiger partial charge is 0.0611 e. The van der Waals surface area contributed by atoms with E-state index in [1.165, 1.54) is 17.5 Å². The quantitative estimate of drug-likeness (QED) is 0.861. The van der Waals surface area contributed by atoms with Crippen LogP contribution in [0.4, 0.5) is 0 Å². The number of fused-ring (bicyclic) bond motifs is 1. The van der Waals surface area contributed by atoms with Gasteiger partial charge in [-0.15, -0.1) is 0 Å². The minimum Gasteiger partial charge on any atom is -0.392 e. The summed E-state index contributed by atoms with van der Waals surface area (Å²) in [7, 11) is 4.21. The van der Waals surface area contributed by atoms with Crippen LogP contribution in [-0.4, -0.2) is 36.8 Å². The third-order valence-electron chi connectivity index (χ3n) is 3.75. The zero-order valence-corrected chi connectivity index (χ0v) is 10.9. The van der Waals surface area contributed by atoms with Crippen LogP contribution < -0.4 is 0 Å². The van der Waals surface area contributed by atoms with E-state index in [-0.39, 0.29) is 6.10 Å². The highest BCUT2D eigenvalue weighted by atomic mass is 16.3. The molecule has 0 saturated carbocycles. The van der Waals surface area contributed by atoms with Crippen LogP contribution in [0.1, 0.15) is 24.0 Å². The van der Waals surface area contributed by atoms with Crippen LogP contribution in [-0.2, 0) is 12.8 Å². The second-order valence-corrected chi connectivity index (χ2v) is 5.45. The van der Waals surface area contributed by atoms with Gasteiger partial charge in [0.1, 0.15) is 0 Å². The lowest BCUT2D eigenvalue weighted by atomic mass is 9.79. The monoisotopic (exact) mass is 233 g/mol. The van der Waals surface area contributed by atoms with Gasteiger partial charge in [-0.05, 0) is 63.4 Å². The van der Waals surface area contributed by atoms with Crippen molar-refractivity contribution in [2.75, 3.05) is 20.6 Å². The van der Waals surface area contributed by atoms with Crippen molar-refractivity contribution in [2.45, 2.75) is 31.8 Å². The number of aliphatic hydroxyl groups excluding tert-OH is 1. The van der Waals surface area contributed by atoms with Gasteiger partial charge in [0.2, 0.25) is 0 Å². The van der Waals surface area contributed by atoms with Gasteiger partial charge in [-0.2, -0.15) is 0 Å². The molecule has 0 fully saturated rings. The number of hydrogen-bond acceptors (Lipinski definition) is 2. The van der Waals surface area contributed by atoms with E-state index in [2.05, 4.69) is 43.3 Å². The summed E-state index contributed by atoms with van der Waals surface area (Å²) in [5.74, 6) is 0.449. The lowest BCUT2D eigenvalue weighted by Gasteiger charge is -2.30. The van der Waals surface area contributed by atoms with Crippen LogP contribution in [0.25, 0.3) is 0 Å². The normalized spacial score (nSPS) is 23.8.